The molecule has 5 heteroatoms. The summed E-state index contributed by atoms with van der Waals surface area (Å²) < 4.78 is 11.3. The van der Waals surface area contributed by atoms with Gasteiger partial charge in [-0.25, -0.2) is 0 Å². The fourth-order valence-corrected chi connectivity index (χ4v) is 3.74. The summed E-state index contributed by atoms with van der Waals surface area (Å²) in [5.74, 6) is 0.866. The van der Waals surface area contributed by atoms with Crippen LogP contribution in [0.5, 0.6) is 5.75 Å². The van der Waals surface area contributed by atoms with E-state index in [2.05, 4.69) is 21.0 Å². The van der Waals surface area contributed by atoms with Crippen molar-refractivity contribution in [1.29, 1.82) is 0 Å². The molecule has 0 aliphatic carbocycles. The van der Waals surface area contributed by atoms with Gasteiger partial charge in [0.1, 0.15) is 11.9 Å². The molecule has 3 aliphatic heterocycles. The monoisotopic (exact) mass is 302 g/mol. The van der Waals surface area contributed by atoms with Crippen LogP contribution in [-0.4, -0.2) is 73.4 Å². The number of likely N-dealkylation sites (tertiary alicyclic amines) is 2. The van der Waals surface area contributed by atoms with Gasteiger partial charge in [-0.3, -0.25) is 4.98 Å². The maximum absolute atomic E-state index is 5.98. The van der Waals surface area contributed by atoms with Gasteiger partial charge in [0, 0.05) is 44.7 Å². The van der Waals surface area contributed by atoms with Crippen LogP contribution in [-0.2, 0) is 4.74 Å². The molecule has 3 saturated heterocycles. The zero-order valence-electron chi connectivity index (χ0n) is 13.0. The van der Waals surface area contributed by atoms with Crippen molar-refractivity contribution in [1.82, 2.24) is 14.8 Å². The normalized spacial score (nSPS) is 25.6. The molecule has 5 nitrogen and oxygen atoms in total. The van der Waals surface area contributed by atoms with Crippen LogP contribution in [0.15, 0.2) is 18.3 Å². The first-order chi connectivity index (χ1) is 10.8. The first-order valence-electron chi connectivity index (χ1n) is 8.33. The number of piperidine rings is 1. The highest BCUT2D eigenvalue weighted by atomic mass is 16.5. The van der Waals surface area contributed by atoms with Gasteiger partial charge in [-0.1, -0.05) is 0 Å². The molecule has 0 N–H and O–H groups in total. The summed E-state index contributed by atoms with van der Waals surface area (Å²) in [6, 6.07) is 3.74. The Kier molecular flexibility index (Phi) is 4.03. The quantitative estimate of drug-likeness (QED) is 0.813. The maximum Gasteiger partial charge on any atom is 0.138 e. The third-order valence-electron chi connectivity index (χ3n) is 5.09. The molecule has 4 rings (SSSR count). The van der Waals surface area contributed by atoms with E-state index in [1.807, 2.05) is 6.07 Å². The van der Waals surface area contributed by atoms with E-state index in [9.17, 15) is 0 Å². The van der Waals surface area contributed by atoms with E-state index >= 15 is 0 Å². The average molecular weight is 302 g/mol. The third kappa shape index (κ3) is 3.12. The Hall–Kier alpha value is -1.17. The minimum atomic E-state index is 0.333. The van der Waals surface area contributed by atoms with E-state index in [1.54, 1.807) is 12.3 Å². The molecule has 4 heterocycles. The highest BCUT2D eigenvalue weighted by molar-refractivity contribution is 5.15. The van der Waals surface area contributed by atoms with Crippen LogP contribution in [0.3, 0.4) is 0 Å². The molecule has 0 saturated carbocycles. The van der Waals surface area contributed by atoms with Gasteiger partial charge in [-0.2, -0.15) is 0 Å². The van der Waals surface area contributed by atoms with Gasteiger partial charge in [0.15, 0.2) is 0 Å². The zero-order chi connectivity index (χ0) is 14.8. The van der Waals surface area contributed by atoms with Gasteiger partial charge < -0.3 is 19.3 Å². The standard InChI is InChI=1S/C17H24N3O2/c1-2-16(10-18-5-1)22-15-3-6-19(7-4-15)8-9-20-11-17(12-20)13-21-14-17/h1-2,10,15H,3-4,6-9,11-14H2. The summed E-state index contributed by atoms with van der Waals surface area (Å²) in [5, 5.41) is 0. The Labute approximate surface area is 132 Å². The van der Waals surface area contributed by atoms with E-state index in [-0.39, 0.29) is 0 Å². The fraction of sp³-hybridized carbons (Fsp3) is 0.706. The number of hydrogen-bond donors (Lipinski definition) is 0. The second-order valence-corrected chi connectivity index (χ2v) is 6.99. The van der Waals surface area contributed by atoms with Crippen LogP contribution in [0.25, 0.3) is 0 Å². The molecule has 0 unspecified atom stereocenters. The Morgan fingerprint density at radius 3 is 2.64 bits per heavy atom. The molecule has 3 fully saturated rings. The summed E-state index contributed by atoms with van der Waals surface area (Å²) >= 11 is 0. The molecule has 1 radical (unpaired) electrons. The molecule has 22 heavy (non-hydrogen) atoms. The van der Waals surface area contributed by atoms with Crippen molar-refractivity contribution in [2.75, 3.05) is 52.5 Å². The molecule has 119 valence electrons. The summed E-state index contributed by atoms with van der Waals surface area (Å²) in [6.07, 6.45) is 7.07. The molecule has 1 aromatic rings. The average Bonchev–Trinajstić information content (AvgIpc) is 2.47. The Morgan fingerprint density at radius 2 is 2.00 bits per heavy atom. The van der Waals surface area contributed by atoms with Crippen molar-refractivity contribution in [3.8, 4) is 5.75 Å². The first-order valence-corrected chi connectivity index (χ1v) is 8.33. The van der Waals surface area contributed by atoms with Gasteiger partial charge in [0.2, 0.25) is 0 Å². The molecule has 3 aliphatic rings. The van der Waals surface area contributed by atoms with Gasteiger partial charge in [-0.05, 0) is 25.0 Å². The Morgan fingerprint density at radius 1 is 1.23 bits per heavy atom. The van der Waals surface area contributed by atoms with E-state index in [0.29, 0.717) is 11.5 Å². The molecule has 0 atom stereocenters. The maximum atomic E-state index is 5.98. The Bertz CT molecular complexity index is 476. The van der Waals surface area contributed by atoms with Gasteiger partial charge in [0.25, 0.3) is 0 Å². The van der Waals surface area contributed by atoms with Crippen molar-refractivity contribution in [2.45, 2.75) is 18.9 Å². The SMILES string of the molecule is [c]1ccc(OC2CCN(CCN3CC4(COC4)C3)CC2)cn1. The van der Waals surface area contributed by atoms with E-state index in [4.69, 9.17) is 9.47 Å². The van der Waals surface area contributed by atoms with Crippen LogP contribution in [0.2, 0.25) is 0 Å². The van der Waals surface area contributed by atoms with Crippen molar-refractivity contribution in [2.24, 2.45) is 5.41 Å². The molecule has 0 aromatic carbocycles. The zero-order valence-corrected chi connectivity index (χ0v) is 13.0. The number of pyridine rings is 1. The highest BCUT2D eigenvalue weighted by Crippen LogP contribution is 2.37. The van der Waals surface area contributed by atoms with Gasteiger partial charge in [-0.15, -0.1) is 0 Å². The molecule has 0 amide bonds. The topological polar surface area (TPSA) is 37.8 Å². The van der Waals surface area contributed by atoms with Gasteiger partial charge >= 0.3 is 0 Å². The first kappa shape index (κ1) is 14.4. The minimum absolute atomic E-state index is 0.333. The molecular weight excluding hydrogens is 278 g/mol. The smallest absolute Gasteiger partial charge is 0.138 e. The fourth-order valence-electron chi connectivity index (χ4n) is 3.74. The van der Waals surface area contributed by atoms with Crippen molar-refractivity contribution >= 4 is 0 Å². The van der Waals surface area contributed by atoms with Crippen molar-refractivity contribution in [3.63, 3.8) is 0 Å². The third-order valence-corrected chi connectivity index (χ3v) is 5.09. The second kappa shape index (κ2) is 6.14. The van der Waals surface area contributed by atoms with Crippen LogP contribution >= 0.6 is 0 Å². The summed E-state index contributed by atoms with van der Waals surface area (Å²) in [5.41, 5.74) is 0.544. The summed E-state index contributed by atoms with van der Waals surface area (Å²) in [4.78, 5) is 9.11. The predicted molar refractivity (Wildman–Crippen MR) is 82.9 cm³/mol. The molecule has 0 bridgehead atoms. The lowest BCUT2D eigenvalue weighted by Crippen LogP contribution is -2.66. The number of hydrogen-bond acceptors (Lipinski definition) is 5. The largest absolute Gasteiger partial charge is 0.489 e. The van der Waals surface area contributed by atoms with E-state index < -0.39 is 0 Å². The second-order valence-electron chi connectivity index (χ2n) is 6.99. The molecule has 1 spiro atoms. The van der Waals surface area contributed by atoms with Crippen molar-refractivity contribution in [3.05, 3.63) is 24.5 Å². The van der Waals surface area contributed by atoms with Crippen LogP contribution < -0.4 is 4.74 Å². The Balaban J connectivity index is 1.14. The molecular formula is C17H24N3O2. The minimum Gasteiger partial charge on any atom is -0.489 e. The van der Waals surface area contributed by atoms with E-state index in [0.717, 1.165) is 44.9 Å². The van der Waals surface area contributed by atoms with Crippen LogP contribution in [0.4, 0.5) is 0 Å². The number of rotatable bonds is 5. The van der Waals surface area contributed by atoms with Crippen LogP contribution in [0.1, 0.15) is 12.8 Å². The highest BCUT2D eigenvalue weighted by Gasteiger charge is 2.48. The predicted octanol–water partition coefficient (Wildman–Crippen LogP) is 1.06. The number of nitrogens with zero attached hydrogens (tertiary/aromatic N) is 3. The lowest BCUT2D eigenvalue weighted by atomic mass is 9.78. The van der Waals surface area contributed by atoms with Crippen molar-refractivity contribution < 1.29 is 9.47 Å². The van der Waals surface area contributed by atoms with Crippen LogP contribution in [0, 0.1) is 11.6 Å². The van der Waals surface area contributed by atoms with Gasteiger partial charge in [0.05, 0.1) is 25.6 Å². The van der Waals surface area contributed by atoms with E-state index in [1.165, 1.54) is 26.2 Å². The number of aromatic nitrogens is 1. The number of ether oxygens (including phenoxy) is 2. The summed E-state index contributed by atoms with van der Waals surface area (Å²) in [6.45, 7) is 9.11. The lowest BCUT2D eigenvalue weighted by Gasteiger charge is -2.55. The lowest BCUT2D eigenvalue weighted by molar-refractivity contribution is -0.189. The summed E-state index contributed by atoms with van der Waals surface area (Å²) in [7, 11) is 0. The molecule has 1 aromatic heterocycles.